The summed E-state index contributed by atoms with van der Waals surface area (Å²) in [6, 6.07) is 4.23. The zero-order chi connectivity index (χ0) is 14.8. The van der Waals surface area contributed by atoms with E-state index < -0.39 is 5.97 Å². The molecular weight excluding hydrogens is 266 g/mol. The first-order valence-corrected chi connectivity index (χ1v) is 7.74. The summed E-state index contributed by atoms with van der Waals surface area (Å²) in [5, 5.41) is 8.90. The zero-order valence-electron chi connectivity index (χ0n) is 12.5. The topological polar surface area (TPSA) is 56.7 Å². The summed E-state index contributed by atoms with van der Waals surface area (Å²) in [6.45, 7) is 4.30. The number of hydrogen-bond acceptors (Lipinski definition) is 4. The van der Waals surface area contributed by atoms with Crippen molar-refractivity contribution in [2.75, 3.05) is 26.7 Å². The minimum atomic E-state index is -0.917. The Kier molecular flexibility index (Phi) is 4.22. The van der Waals surface area contributed by atoms with Crippen LogP contribution < -0.4 is 0 Å². The molecular formula is C16H23N3O2. The summed E-state index contributed by atoms with van der Waals surface area (Å²) >= 11 is 0. The van der Waals surface area contributed by atoms with Crippen LogP contribution in [-0.2, 0) is 6.54 Å². The minimum Gasteiger partial charge on any atom is -0.478 e. The molecule has 2 atom stereocenters. The van der Waals surface area contributed by atoms with Gasteiger partial charge in [-0.15, -0.1) is 0 Å². The molecule has 0 radical (unpaired) electrons. The summed E-state index contributed by atoms with van der Waals surface area (Å²) in [7, 11) is 2.25. The molecule has 3 rings (SSSR count). The second-order valence-corrected chi connectivity index (χ2v) is 6.32. The quantitative estimate of drug-likeness (QED) is 0.918. The molecule has 0 aromatic carbocycles. The van der Waals surface area contributed by atoms with Gasteiger partial charge < -0.3 is 10.0 Å². The van der Waals surface area contributed by atoms with E-state index in [1.165, 1.54) is 32.0 Å². The first-order chi connectivity index (χ1) is 10.1. The Morgan fingerprint density at radius 1 is 1.38 bits per heavy atom. The molecule has 2 unspecified atom stereocenters. The number of hydrogen-bond donors (Lipinski definition) is 1. The molecule has 0 saturated carbocycles. The van der Waals surface area contributed by atoms with Crippen LogP contribution in [0.25, 0.3) is 0 Å². The maximum Gasteiger partial charge on any atom is 0.337 e. The van der Waals surface area contributed by atoms with Gasteiger partial charge >= 0.3 is 5.97 Å². The molecule has 2 aliphatic heterocycles. The van der Waals surface area contributed by atoms with Gasteiger partial charge in [-0.05, 0) is 50.9 Å². The number of rotatable bonds is 3. The Hall–Kier alpha value is -1.46. The largest absolute Gasteiger partial charge is 0.478 e. The van der Waals surface area contributed by atoms with E-state index in [1.54, 1.807) is 6.07 Å². The van der Waals surface area contributed by atoms with Gasteiger partial charge in [0.25, 0.3) is 0 Å². The van der Waals surface area contributed by atoms with Gasteiger partial charge in [-0.2, -0.15) is 0 Å². The van der Waals surface area contributed by atoms with Gasteiger partial charge in [-0.3, -0.25) is 9.88 Å². The molecule has 114 valence electrons. The van der Waals surface area contributed by atoms with E-state index in [1.807, 2.05) is 6.07 Å². The second kappa shape index (κ2) is 6.12. The van der Waals surface area contributed by atoms with E-state index in [0.29, 0.717) is 0 Å². The molecule has 3 heterocycles. The summed E-state index contributed by atoms with van der Waals surface area (Å²) < 4.78 is 0. The smallest absolute Gasteiger partial charge is 0.337 e. The number of likely N-dealkylation sites (tertiary alicyclic amines) is 2. The molecule has 1 aromatic rings. The van der Waals surface area contributed by atoms with Crippen LogP contribution in [0.2, 0.25) is 0 Å². The zero-order valence-corrected chi connectivity index (χ0v) is 12.5. The van der Waals surface area contributed by atoms with Crippen LogP contribution in [0.15, 0.2) is 18.3 Å². The SMILES string of the molecule is CN1CCCC2CN(Cc3ccc(C(=O)O)cn3)CCC21. The van der Waals surface area contributed by atoms with Crippen LogP contribution in [-0.4, -0.2) is 58.6 Å². The number of pyridine rings is 1. The lowest BCUT2D eigenvalue weighted by Crippen LogP contribution is -2.52. The number of aromatic nitrogens is 1. The molecule has 1 aromatic heterocycles. The highest BCUT2D eigenvalue weighted by molar-refractivity contribution is 5.87. The highest BCUT2D eigenvalue weighted by Gasteiger charge is 2.34. The van der Waals surface area contributed by atoms with Crippen LogP contribution in [0.4, 0.5) is 0 Å². The molecule has 2 aliphatic rings. The Morgan fingerprint density at radius 2 is 2.24 bits per heavy atom. The summed E-state index contributed by atoms with van der Waals surface area (Å²) in [4.78, 5) is 20.1. The van der Waals surface area contributed by atoms with Gasteiger partial charge in [0.2, 0.25) is 0 Å². The molecule has 5 heteroatoms. The molecule has 5 nitrogen and oxygen atoms in total. The minimum absolute atomic E-state index is 0.256. The van der Waals surface area contributed by atoms with Crippen molar-refractivity contribution in [2.24, 2.45) is 5.92 Å². The van der Waals surface area contributed by atoms with Crippen molar-refractivity contribution in [3.63, 3.8) is 0 Å². The first kappa shape index (κ1) is 14.5. The maximum absolute atomic E-state index is 10.8. The van der Waals surface area contributed by atoms with Gasteiger partial charge in [0.15, 0.2) is 0 Å². The third kappa shape index (κ3) is 3.24. The molecule has 2 fully saturated rings. The van der Waals surface area contributed by atoms with Gasteiger partial charge in [0.1, 0.15) is 0 Å². The number of fused-ring (bicyclic) bond motifs is 1. The van der Waals surface area contributed by atoms with Crippen LogP contribution in [0.3, 0.4) is 0 Å². The van der Waals surface area contributed by atoms with Crippen molar-refractivity contribution < 1.29 is 9.90 Å². The average molecular weight is 289 g/mol. The van der Waals surface area contributed by atoms with Crippen molar-refractivity contribution in [1.82, 2.24) is 14.8 Å². The number of nitrogens with zero attached hydrogens (tertiary/aromatic N) is 3. The number of aromatic carboxylic acids is 1. The van der Waals surface area contributed by atoms with Gasteiger partial charge in [0, 0.05) is 31.9 Å². The summed E-state index contributed by atoms with van der Waals surface area (Å²) in [6.07, 6.45) is 5.32. The first-order valence-electron chi connectivity index (χ1n) is 7.74. The standard InChI is InChI=1S/C16H23N3O2/c1-18-7-2-3-13-10-19(8-6-15(13)18)11-14-5-4-12(9-17-14)16(20)21/h4-5,9,13,15H,2-3,6-8,10-11H2,1H3,(H,20,21). The highest BCUT2D eigenvalue weighted by Crippen LogP contribution is 2.29. The third-order valence-electron chi connectivity index (χ3n) is 4.89. The van der Waals surface area contributed by atoms with Crippen molar-refractivity contribution in [1.29, 1.82) is 0 Å². The highest BCUT2D eigenvalue weighted by atomic mass is 16.4. The predicted octanol–water partition coefficient (Wildman–Crippen LogP) is 1.70. The van der Waals surface area contributed by atoms with Crippen LogP contribution >= 0.6 is 0 Å². The van der Waals surface area contributed by atoms with E-state index in [0.717, 1.165) is 37.3 Å². The van der Waals surface area contributed by atoms with Crippen LogP contribution in [0.1, 0.15) is 35.3 Å². The van der Waals surface area contributed by atoms with Crippen molar-refractivity contribution >= 4 is 5.97 Å². The molecule has 1 N–H and O–H groups in total. The lowest BCUT2D eigenvalue weighted by atomic mass is 9.84. The fourth-order valence-electron chi connectivity index (χ4n) is 3.75. The van der Waals surface area contributed by atoms with E-state index in [-0.39, 0.29) is 5.56 Å². The molecule has 0 bridgehead atoms. The maximum atomic E-state index is 10.8. The molecule has 0 amide bonds. The van der Waals surface area contributed by atoms with Crippen molar-refractivity contribution in [3.05, 3.63) is 29.6 Å². The van der Waals surface area contributed by atoms with E-state index >= 15 is 0 Å². The molecule has 0 spiro atoms. The molecule has 2 saturated heterocycles. The molecule has 21 heavy (non-hydrogen) atoms. The van der Waals surface area contributed by atoms with Crippen molar-refractivity contribution in [2.45, 2.75) is 31.8 Å². The number of carboxylic acid groups (broad SMARTS) is 1. The van der Waals surface area contributed by atoms with E-state index in [4.69, 9.17) is 5.11 Å². The lowest BCUT2D eigenvalue weighted by Gasteiger charge is -2.45. The summed E-state index contributed by atoms with van der Waals surface area (Å²) in [5.41, 5.74) is 1.22. The van der Waals surface area contributed by atoms with Crippen LogP contribution in [0.5, 0.6) is 0 Å². The predicted molar refractivity (Wildman–Crippen MR) is 80.2 cm³/mol. The Labute approximate surface area is 125 Å². The average Bonchev–Trinajstić information content (AvgIpc) is 2.48. The number of piperidine rings is 2. The van der Waals surface area contributed by atoms with Gasteiger partial charge in [-0.25, -0.2) is 4.79 Å². The lowest BCUT2D eigenvalue weighted by molar-refractivity contribution is 0.0350. The summed E-state index contributed by atoms with van der Waals surface area (Å²) in [5.74, 6) is -0.143. The molecule has 0 aliphatic carbocycles. The normalized spacial score (nSPS) is 27.3. The van der Waals surface area contributed by atoms with Crippen LogP contribution in [0, 0.1) is 5.92 Å². The number of carboxylic acids is 1. The fourth-order valence-corrected chi connectivity index (χ4v) is 3.75. The van der Waals surface area contributed by atoms with E-state index in [2.05, 4.69) is 21.8 Å². The Balaban J connectivity index is 1.60. The Bertz CT molecular complexity index is 503. The third-order valence-corrected chi connectivity index (χ3v) is 4.89. The second-order valence-electron chi connectivity index (χ2n) is 6.32. The van der Waals surface area contributed by atoms with Gasteiger partial charge in [0.05, 0.1) is 11.3 Å². The van der Waals surface area contributed by atoms with Gasteiger partial charge in [-0.1, -0.05) is 0 Å². The number of carbonyl (C=O) groups is 1. The monoisotopic (exact) mass is 289 g/mol. The van der Waals surface area contributed by atoms with Crippen molar-refractivity contribution in [3.8, 4) is 0 Å². The Morgan fingerprint density at radius 3 is 2.95 bits per heavy atom. The van der Waals surface area contributed by atoms with E-state index in [9.17, 15) is 4.79 Å². The fraction of sp³-hybridized carbons (Fsp3) is 0.625.